The number of hydrogen-bond acceptors (Lipinski definition) is 2. The summed E-state index contributed by atoms with van der Waals surface area (Å²) in [5.74, 6) is 0.463. The highest BCUT2D eigenvalue weighted by Crippen LogP contribution is 2.36. The molecule has 3 heteroatoms. The summed E-state index contributed by atoms with van der Waals surface area (Å²) in [7, 11) is -2.41. The van der Waals surface area contributed by atoms with Gasteiger partial charge in [0.1, 0.15) is 5.78 Å². The zero-order valence-corrected chi connectivity index (χ0v) is 25.0. The Morgan fingerprint density at radius 2 is 1.14 bits per heavy atom. The van der Waals surface area contributed by atoms with Crippen LogP contribution < -0.4 is 10.4 Å². The minimum absolute atomic E-state index is 0.0355. The van der Waals surface area contributed by atoms with E-state index in [-0.39, 0.29) is 5.04 Å². The van der Waals surface area contributed by atoms with Crippen molar-refractivity contribution in [1.82, 2.24) is 0 Å². The molecule has 0 saturated heterocycles. The van der Waals surface area contributed by atoms with Crippen molar-refractivity contribution in [3.8, 4) is 0 Å². The van der Waals surface area contributed by atoms with Gasteiger partial charge in [0, 0.05) is 19.4 Å². The average Bonchev–Trinajstić information content (AvgIpc) is 2.89. The summed E-state index contributed by atoms with van der Waals surface area (Å²) in [5, 5.41) is 2.74. The maximum Gasteiger partial charge on any atom is 0.261 e. The number of unbranched alkanes of at least 4 members (excludes halogenated alkanes) is 10. The lowest BCUT2D eigenvalue weighted by molar-refractivity contribution is -0.119. The summed E-state index contributed by atoms with van der Waals surface area (Å²) >= 11 is 0. The van der Waals surface area contributed by atoms with Crippen LogP contribution in [0.4, 0.5) is 0 Å². The van der Waals surface area contributed by atoms with Gasteiger partial charge in [0.05, 0.1) is 0 Å². The molecule has 0 spiro atoms. The van der Waals surface area contributed by atoms with Crippen molar-refractivity contribution in [1.29, 1.82) is 0 Å². The van der Waals surface area contributed by atoms with Gasteiger partial charge in [-0.25, -0.2) is 0 Å². The monoisotopic (exact) mass is 520 g/mol. The molecule has 0 amide bonds. The van der Waals surface area contributed by atoms with E-state index in [9.17, 15) is 4.79 Å². The molecule has 204 valence electrons. The van der Waals surface area contributed by atoms with E-state index in [1.54, 1.807) is 0 Å². The molecule has 0 fully saturated rings. The minimum Gasteiger partial charge on any atom is -0.407 e. The normalized spacial score (nSPS) is 12.0. The molecule has 0 radical (unpaired) electrons. The molecular formula is C34H52O2Si. The lowest BCUT2D eigenvalue weighted by Gasteiger charge is -2.43. The van der Waals surface area contributed by atoms with Gasteiger partial charge < -0.3 is 4.43 Å². The smallest absolute Gasteiger partial charge is 0.261 e. The fourth-order valence-electron chi connectivity index (χ4n) is 5.38. The number of carbonyl (C=O) groups is 1. The molecule has 0 unspecified atom stereocenters. The summed E-state index contributed by atoms with van der Waals surface area (Å²) in [5.41, 5.74) is 0. The third kappa shape index (κ3) is 10.7. The van der Waals surface area contributed by atoms with Crippen LogP contribution in [-0.2, 0) is 9.22 Å². The molecular weight excluding hydrogens is 468 g/mol. The van der Waals surface area contributed by atoms with Crippen molar-refractivity contribution in [2.45, 2.75) is 116 Å². The highest BCUT2D eigenvalue weighted by Gasteiger charge is 2.49. The Kier molecular flexibility index (Phi) is 14.8. The molecule has 2 rings (SSSR count). The van der Waals surface area contributed by atoms with Gasteiger partial charge >= 0.3 is 0 Å². The van der Waals surface area contributed by atoms with Crippen LogP contribution in [-0.4, -0.2) is 20.7 Å². The zero-order chi connectivity index (χ0) is 26.8. The third-order valence-electron chi connectivity index (χ3n) is 7.45. The maximum absolute atomic E-state index is 12.1. The van der Waals surface area contributed by atoms with Gasteiger partial charge in [0.2, 0.25) is 0 Å². The standard InChI is InChI=1S/C34H52O2Si/c1-5-6-7-8-9-12-17-24-31(35)25-18-13-10-11-14-23-30-36-37(34(2,3)4,32-26-19-15-20-27-32)33-28-21-16-22-29-33/h5,15-16,19-22,26-29H,1,6-14,17-18,23-25,30H2,2-4H3. The van der Waals surface area contributed by atoms with Crippen LogP contribution in [0.15, 0.2) is 73.3 Å². The van der Waals surface area contributed by atoms with Crippen LogP contribution in [0.5, 0.6) is 0 Å². The van der Waals surface area contributed by atoms with E-state index < -0.39 is 8.32 Å². The van der Waals surface area contributed by atoms with E-state index in [2.05, 4.69) is 88.0 Å². The molecule has 0 N–H and O–H groups in total. The second-order valence-corrected chi connectivity index (χ2v) is 15.8. The van der Waals surface area contributed by atoms with Crippen LogP contribution >= 0.6 is 0 Å². The second kappa shape index (κ2) is 17.5. The topological polar surface area (TPSA) is 26.3 Å². The Balaban J connectivity index is 1.68. The number of allylic oxidation sites excluding steroid dienone is 1. The Hall–Kier alpha value is -1.97. The Labute approximate surface area is 229 Å². The first kappa shape index (κ1) is 31.2. The van der Waals surface area contributed by atoms with Crippen molar-refractivity contribution < 1.29 is 9.22 Å². The van der Waals surface area contributed by atoms with Gasteiger partial charge in [0.15, 0.2) is 0 Å². The van der Waals surface area contributed by atoms with E-state index in [4.69, 9.17) is 4.43 Å². The molecule has 0 bridgehead atoms. The summed E-state index contributed by atoms with van der Waals surface area (Å²) < 4.78 is 6.99. The van der Waals surface area contributed by atoms with Crippen LogP contribution in [0.25, 0.3) is 0 Å². The molecule has 0 aromatic heterocycles. The molecule has 0 heterocycles. The number of benzene rings is 2. The molecule has 0 aliphatic carbocycles. The van der Waals surface area contributed by atoms with Crippen molar-refractivity contribution in [2.24, 2.45) is 0 Å². The highest BCUT2D eigenvalue weighted by atomic mass is 28.4. The van der Waals surface area contributed by atoms with E-state index in [0.29, 0.717) is 5.78 Å². The molecule has 0 saturated carbocycles. The molecule has 37 heavy (non-hydrogen) atoms. The van der Waals surface area contributed by atoms with Gasteiger partial charge in [-0.2, -0.15) is 0 Å². The van der Waals surface area contributed by atoms with E-state index in [1.807, 2.05) is 6.08 Å². The van der Waals surface area contributed by atoms with Crippen molar-refractivity contribution in [2.75, 3.05) is 6.61 Å². The van der Waals surface area contributed by atoms with Gasteiger partial charge in [-0.3, -0.25) is 4.79 Å². The Morgan fingerprint density at radius 1 is 0.703 bits per heavy atom. The first-order valence-corrected chi connectivity index (χ1v) is 16.7. The highest BCUT2D eigenvalue weighted by molar-refractivity contribution is 6.99. The van der Waals surface area contributed by atoms with Gasteiger partial charge in [-0.05, 0) is 47.5 Å². The lowest BCUT2D eigenvalue weighted by atomic mass is 10.0. The van der Waals surface area contributed by atoms with Crippen LogP contribution in [0.3, 0.4) is 0 Å². The Morgan fingerprint density at radius 3 is 1.59 bits per heavy atom. The zero-order valence-electron chi connectivity index (χ0n) is 24.0. The Bertz CT molecular complexity index is 830. The van der Waals surface area contributed by atoms with Crippen molar-refractivity contribution in [3.05, 3.63) is 73.3 Å². The number of rotatable bonds is 20. The summed E-state index contributed by atoms with van der Waals surface area (Å²) in [6.07, 6.45) is 17.6. The predicted octanol–water partition coefficient (Wildman–Crippen LogP) is 8.78. The van der Waals surface area contributed by atoms with E-state index in [0.717, 1.165) is 45.1 Å². The van der Waals surface area contributed by atoms with Gasteiger partial charge in [-0.15, -0.1) is 6.58 Å². The number of hydrogen-bond donors (Lipinski definition) is 0. The first-order valence-electron chi connectivity index (χ1n) is 14.8. The van der Waals surface area contributed by atoms with Crippen molar-refractivity contribution >= 4 is 24.5 Å². The fraction of sp³-hybridized carbons (Fsp3) is 0.559. The molecule has 2 aromatic carbocycles. The number of ketones is 1. The first-order chi connectivity index (χ1) is 17.9. The molecule has 2 aromatic rings. The summed E-state index contributed by atoms with van der Waals surface area (Å²) in [6, 6.07) is 21.8. The summed E-state index contributed by atoms with van der Waals surface area (Å²) in [4.78, 5) is 12.1. The average molecular weight is 521 g/mol. The van der Waals surface area contributed by atoms with Crippen LogP contribution in [0, 0.1) is 0 Å². The third-order valence-corrected chi connectivity index (χ3v) is 12.5. The van der Waals surface area contributed by atoms with Gasteiger partial charge in [0.25, 0.3) is 8.32 Å². The molecule has 0 atom stereocenters. The summed E-state index contributed by atoms with van der Waals surface area (Å²) in [6.45, 7) is 11.6. The number of carbonyl (C=O) groups excluding carboxylic acids is 1. The number of Topliss-reactive ketones (excluding diaryl/α,β-unsaturated/α-hetero) is 1. The quantitative estimate of drug-likeness (QED) is 0.0990. The minimum atomic E-state index is -2.41. The lowest BCUT2D eigenvalue weighted by Crippen LogP contribution is -2.66. The van der Waals surface area contributed by atoms with Crippen LogP contribution in [0.2, 0.25) is 5.04 Å². The molecule has 0 aliphatic heterocycles. The van der Waals surface area contributed by atoms with E-state index in [1.165, 1.54) is 61.7 Å². The van der Waals surface area contributed by atoms with Crippen LogP contribution in [0.1, 0.15) is 111 Å². The largest absolute Gasteiger partial charge is 0.407 e. The van der Waals surface area contributed by atoms with Gasteiger partial charge in [-0.1, -0.05) is 132 Å². The van der Waals surface area contributed by atoms with Crippen molar-refractivity contribution in [3.63, 3.8) is 0 Å². The molecule has 0 aliphatic rings. The maximum atomic E-state index is 12.1. The predicted molar refractivity (Wildman–Crippen MR) is 163 cm³/mol. The van der Waals surface area contributed by atoms with E-state index >= 15 is 0 Å². The SMILES string of the molecule is C=CCCCCCCCC(=O)CCCCCCCCO[Si](c1ccccc1)(c1ccccc1)C(C)(C)C. The second-order valence-electron chi connectivity index (χ2n) is 11.5. The molecule has 2 nitrogen and oxygen atoms in total. The fourth-order valence-corrected chi connectivity index (χ4v) is 9.99.